The third-order valence-corrected chi connectivity index (χ3v) is 4.81. The Morgan fingerprint density at radius 3 is 1.29 bits per heavy atom. The van der Waals surface area contributed by atoms with E-state index in [4.69, 9.17) is 19.3 Å². The second-order valence-corrected chi connectivity index (χ2v) is 7.19. The summed E-state index contributed by atoms with van der Waals surface area (Å²) >= 11 is 0. The fourth-order valence-electron chi connectivity index (χ4n) is 3.07. The summed E-state index contributed by atoms with van der Waals surface area (Å²) in [6, 6.07) is 28.3. The van der Waals surface area contributed by atoms with E-state index in [0.717, 1.165) is 11.1 Å². The first kappa shape index (κ1) is 22.4. The van der Waals surface area contributed by atoms with Crippen LogP contribution in [0, 0.1) is 0 Å². The van der Waals surface area contributed by atoms with Crippen molar-refractivity contribution in [2.75, 3.05) is 0 Å². The number of carbonyl (C=O) groups excluding carboxylic acids is 1. The summed E-state index contributed by atoms with van der Waals surface area (Å²) in [4.78, 5) is 21.3. The Hall–Kier alpha value is -4.84. The van der Waals surface area contributed by atoms with E-state index in [0.29, 0.717) is 35.2 Å². The van der Waals surface area contributed by atoms with Crippen LogP contribution < -0.4 is 14.2 Å². The predicted octanol–water partition coefficient (Wildman–Crippen LogP) is 6.68. The first-order valence-electron chi connectivity index (χ1n) is 10.4. The summed E-state index contributed by atoms with van der Waals surface area (Å²) in [5.41, 5.74) is 2.24. The molecule has 0 heterocycles. The minimum Gasteiger partial charge on any atom is -0.478 e. The van der Waals surface area contributed by atoms with Crippen LogP contribution in [0.5, 0.6) is 28.7 Å². The smallest absolute Gasteiger partial charge is 0.335 e. The van der Waals surface area contributed by atoms with Crippen LogP contribution in [-0.2, 0) is 4.79 Å². The van der Waals surface area contributed by atoms with Gasteiger partial charge in [-0.15, -0.1) is 0 Å². The molecule has 0 aliphatic heterocycles. The van der Waals surface area contributed by atoms with Crippen molar-refractivity contribution < 1.29 is 28.9 Å². The minimum atomic E-state index is -0.970. The molecule has 34 heavy (non-hydrogen) atoms. The maximum absolute atomic E-state index is 10.9. The number of hydrogen-bond acceptors (Lipinski definition) is 5. The van der Waals surface area contributed by atoms with Gasteiger partial charge in [-0.2, -0.15) is 0 Å². The molecular formula is C28H20O6. The molecule has 4 aromatic rings. The SMILES string of the molecule is O=COc1ccc(Oc2ccc(/C=C/c3ccc(Oc4ccc(C(=O)O)cc4)cc3)cc2)cc1. The van der Waals surface area contributed by atoms with E-state index in [-0.39, 0.29) is 5.56 Å². The van der Waals surface area contributed by atoms with Gasteiger partial charge in [-0.1, -0.05) is 36.4 Å². The third-order valence-electron chi connectivity index (χ3n) is 4.81. The molecule has 0 atom stereocenters. The zero-order valence-electron chi connectivity index (χ0n) is 18.0. The Balaban J connectivity index is 1.33. The van der Waals surface area contributed by atoms with Crippen LogP contribution in [0.2, 0.25) is 0 Å². The molecule has 0 spiro atoms. The van der Waals surface area contributed by atoms with Gasteiger partial charge < -0.3 is 19.3 Å². The van der Waals surface area contributed by atoms with E-state index in [1.807, 2.05) is 60.7 Å². The number of aromatic carboxylic acids is 1. The molecule has 4 rings (SSSR count). The third kappa shape index (κ3) is 6.11. The van der Waals surface area contributed by atoms with E-state index in [1.165, 1.54) is 12.1 Å². The zero-order chi connectivity index (χ0) is 23.8. The van der Waals surface area contributed by atoms with Crippen molar-refractivity contribution in [2.45, 2.75) is 0 Å². The Morgan fingerprint density at radius 1 is 0.559 bits per heavy atom. The summed E-state index contributed by atoms with van der Waals surface area (Å²) in [7, 11) is 0. The van der Waals surface area contributed by atoms with Crippen molar-refractivity contribution >= 4 is 24.6 Å². The van der Waals surface area contributed by atoms with Crippen LogP contribution >= 0.6 is 0 Å². The molecule has 0 aliphatic carbocycles. The molecule has 0 amide bonds. The second-order valence-electron chi connectivity index (χ2n) is 7.19. The Kier molecular flexibility index (Phi) is 7.00. The topological polar surface area (TPSA) is 82.1 Å². The highest BCUT2D eigenvalue weighted by molar-refractivity contribution is 5.87. The lowest BCUT2D eigenvalue weighted by molar-refractivity contribution is -0.120. The van der Waals surface area contributed by atoms with Gasteiger partial charge in [-0.05, 0) is 83.9 Å². The molecule has 0 saturated carbocycles. The van der Waals surface area contributed by atoms with Crippen molar-refractivity contribution in [3.05, 3.63) is 114 Å². The summed E-state index contributed by atoms with van der Waals surface area (Å²) in [6.45, 7) is 0.383. The minimum absolute atomic E-state index is 0.215. The molecule has 0 bridgehead atoms. The normalized spacial score (nSPS) is 10.6. The van der Waals surface area contributed by atoms with E-state index >= 15 is 0 Å². The first-order valence-corrected chi connectivity index (χ1v) is 10.4. The number of rotatable bonds is 9. The van der Waals surface area contributed by atoms with Crippen molar-refractivity contribution in [1.29, 1.82) is 0 Å². The highest BCUT2D eigenvalue weighted by Gasteiger charge is 2.03. The molecule has 168 valence electrons. The number of carboxylic acid groups (broad SMARTS) is 1. The molecule has 4 aromatic carbocycles. The van der Waals surface area contributed by atoms with E-state index in [9.17, 15) is 9.59 Å². The van der Waals surface area contributed by atoms with Crippen molar-refractivity contribution in [1.82, 2.24) is 0 Å². The van der Waals surface area contributed by atoms with Gasteiger partial charge in [-0.25, -0.2) is 4.79 Å². The molecule has 0 unspecified atom stereocenters. The van der Waals surface area contributed by atoms with Gasteiger partial charge >= 0.3 is 5.97 Å². The average Bonchev–Trinajstić information content (AvgIpc) is 2.86. The molecular weight excluding hydrogens is 432 g/mol. The first-order chi connectivity index (χ1) is 16.6. The fraction of sp³-hybridized carbons (Fsp3) is 0. The molecule has 1 N–H and O–H groups in total. The van der Waals surface area contributed by atoms with Gasteiger partial charge in [0.25, 0.3) is 6.47 Å². The maximum Gasteiger partial charge on any atom is 0.335 e. The van der Waals surface area contributed by atoms with Gasteiger partial charge in [0.05, 0.1) is 5.56 Å². The summed E-state index contributed by atoms with van der Waals surface area (Å²) in [5, 5.41) is 8.96. The molecule has 6 heteroatoms. The van der Waals surface area contributed by atoms with E-state index < -0.39 is 5.97 Å². The van der Waals surface area contributed by atoms with E-state index in [2.05, 4.69) is 0 Å². The van der Waals surface area contributed by atoms with Crippen molar-refractivity contribution in [2.24, 2.45) is 0 Å². The Labute approximate surface area is 196 Å². The average molecular weight is 452 g/mol. The van der Waals surface area contributed by atoms with Crippen LogP contribution in [0.3, 0.4) is 0 Å². The molecule has 0 radical (unpaired) electrons. The molecule has 0 saturated heterocycles. The lowest BCUT2D eigenvalue weighted by atomic mass is 10.1. The number of hydrogen-bond donors (Lipinski definition) is 1. The maximum atomic E-state index is 10.9. The van der Waals surface area contributed by atoms with Crippen LogP contribution in [-0.4, -0.2) is 17.5 Å². The summed E-state index contributed by atoms with van der Waals surface area (Å²) in [5.74, 6) is 2.05. The Bertz CT molecular complexity index is 1270. The molecule has 6 nitrogen and oxygen atoms in total. The lowest BCUT2D eigenvalue weighted by Gasteiger charge is -2.07. The quantitative estimate of drug-likeness (QED) is 0.225. The lowest BCUT2D eigenvalue weighted by Crippen LogP contribution is -1.95. The number of carboxylic acids is 1. The predicted molar refractivity (Wildman–Crippen MR) is 128 cm³/mol. The molecule has 0 aromatic heterocycles. The largest absolute Gasteiger partial charge is 0.478 e. The van der Waals surface area contributed by atoms with Gasteiger partial charge in [0.1, 0.15) is 28.7 Å². The number of ether oxygens (including phenoxy) is 3. The number of carbonyl (C=O) groups is 2. The summed E-state index contributed by atoms with van der Waals surface area (Å²) in [6.07, 6.45) is 3.99. The van der Waals surface area contributed by atoms with E-state index in [1.54, 1.807) is 36.4 Å². The van der Waals surface area contributed by atoms with Gasteiger partial charge in [-0.3, -0.25) is 4.79 Å². The van der Waals surface area contributed by atoms with Crippen LogP contribution in [0.1, 0.15) is 21.5 Å². The van der Waals surface area contributed by atoms with Crippen molar-refractivity contribution in [3.8, 4) is 28.7 Å². The fourth-order valence-corrected chi connectivity index (χ4v) is 3.07. The zero-order valence-corrected chi connectivity index (χ0v) is 18.0. The second kappa shape index (κ2) is 10.7. The van der Waals surface area contributed by atoms with Gasteiger partial charge in [0, 0.05) is 0 Å². The molecule has 0 aliphatic rings. The molecule has 0 fully saturated rings. The van der Waals surface area contributed by atoms with Crippen LogP contribution in [0.15, 0.2) is 97.1 Å². The van der Waals surface area contributed by atoms with Crippen LogP contribution in [0.25, 0.3) is 12.2 Å². The van der Waals surface area contributed by atoms with Gasteiger partial charge in [0.15, 0.2) is 0 Å². The number of benzene rings is 4. The summed E-state index contributed by atoms with van der Waals surface area (Å²) < 4.78 is 16.3. The Morgan fingerprint density at radius 2 is 0.912 bits per heavy atom. The van der Waals surface area contributed by atoms with Gasteiger partial charge in [0.2, 0.25) is 0 Å². The monoisotopic (exact) mass is 452 g/mol. The highest BCUT2D eigenvalue weighted by Crippen LogP contribution is 2.25. The highest BCUT2D eigenvalue weighted by atomic mass is 16.5. The van der Waals surface area contributed by atoms with Crippen molar-refractivity contribution in [3.63, 3.8) is 0 Å². The van der Waals surface area contributed by atoms with Crippen LogP contribution in [0.4, 0.5) is 0 Å². The standard InChI is InChI=1S/C28H20O6/c29-19-32-23-15-17-27(18-16-23)34-25-11-5-21(6-12-25)2-1-20-3-9-24(10-4-20)33-26-13-7-22(8-14-26)28(30)31/h1-19H,(H,30,31)/b2-1+.